The fourth-order valence-electron chi connectivity index (χ4n) is 3.11. The first-order valence-corrected chi connectivity index (χ1v) is 8.97. The van der Waals surface area contributed by atoms with Gasteiger partial charge >= 0.3 is 6.18 Å². The molecule has 0 radical (unpaired) electrons. The van der Waals surface area contributed by atoms with Crippen LogP contribution < -0.4 is 10.2 Å². The number of hydrogen-bond donors (Lipinski definition) is 1. The zero-order valence-electron chi connectivity index (χ0n) is 15.2. The van der Waals surface area contributed by atoms with Crippen molar-refractivity contribution >= 4 is 11.6 Å². The van der Waals surface area contributed by atoms with Gasteiger partial charge in [0, 0.05) is 38.4 Å². The van der Waals surface area contributed by atoms with Gasteiger partial charge in [0.15, 0.2) is 0 Å². The van der Waals surface area contributed by atoms with E-state index in [2.05, 4.69) is 5.32 Å². The van der Waals surface area contributed by atoms with Crippen LogP contribution in [0.15, 0.2) is 48.5 Å². The molecule has 0 bridgehead atoms. The summed E-state index contributed by atoms with van der Waals surface area (Å²) in [4.78, 5) is 15.9. The minimum atomic E-state index is -4.36. The molecule has 0 aliphatic carbocycles. The van der Waals surface area contributed by atoms with E-state index in [-0.39, 0.29) is 18.3 Å². The second kappa shape index (κ2) is 8.60. The molecule has 28 heavy (non-hydrogen) atoms. The van der Waals surface area contributed by atoms with Crippen LogP contribution in [0.4, 0.5) is 23.2 Å². The maximum atomic E-state index is 12.9. The lowest BCUT2D eigenvalue weighted by atomic mass is 10.1. The van der Waals surface area contributed by atoms with Crippen molar-refractivity contribution in [3.63, 3.8) is 0 Å². The van der Waals surface area contributed by atoms with Gasteiger partial charge in [-0.25, -0.2) is 4.39 Å². The zero-order valence-corrected chi connectivity index (χ0v) is 15.2. The number of nitrogens with one attached hydrogen (secondary N) is 1. The van der Waals surface area contributed by atoms with Gasteiger partial charge in [-0.15, -0.1) is 0 Å². The quantitative estimate of drug-likeness (QED) is 0.790. The Morgan fingerprint density at radius 1 is 1.00 bits per heavy atom. The van der Waals surface area contributed by atoms with Crippen molar-refractivity contribution in [1.29, 1.82) is 0 Å². The topological polar surface area (TPSA) is 35.6 Å². The van der Waals surface area contributed by atoms with Crippen LogP contribution in [-0.2, 0) is 17.5 Å². The molecule has 1 N–H and O–H groups in total. The average molecular weight is 395 g/mol. The number of nitrogens with zero attached hydrogens (tertiary/aromatic N) is 2. The van der Waals surface area contributed by atoms with Gasteiger partial charge in [0.2, 0.25) is 5.91 Å². The van der Waals surface area contributed by atoms with Crippen LogP contribution >= 0.6 is 0 Å². The summed E-state index contributed by atoms with van der Waals surface area (Å²) < 4.78 is 51.5. The molecule has 0 atom stereocenters. The first-order valence-electron chi connectivity index (χ1n) is 8.97. The first-order chi connectivity index (χ1) is 13.3. The van der Waals surface area contributed by atoms with Gasteiger partial charge in [0.05, 0.1) is 12.1 Å². The van der Waals surface area contributed by atoms with Gasteiger partial charge in [0.25, 0.3) is 0 Å². The van der Waals surface area contributed by atoms with Crippen molar-refractivity contribution < 1.29 is 22.4 Å². The summed E-state index contributed by atoms with van der Waals surface area (Å²) in [6.45, 7) is 2.81. The Morgan fingerprint density at radius 2 is 1.68 bits per heavy atom. The molecule has 4 nitrogen and oxygen atoms in total. The van der Waals surface area contributed by atoms with Gasteiger partial charge < -0.3 is 10.2 Å². The Kier molecular flexibility index (Phi) is 6.18. The van der Waals surface area contributed by atoms with E-state index in [0.717, 1.165) is 17.7 Å². The van der Waals surface area contributed by atoms with E-state index < -0.39 is 11.7 Å². The van der Waals surface area contributed by atoms with Crippen LogP contribution in [0.2, 0.25) is 0 Å². The van der Waals surface area contributed by atoms with E-state index >= 15 is 0 Å². The highest BCUT2D eigenvalue weighted by Crippen LogP contribution is 2.31. The number of halogens is 4. The smallest absolute Gasteiger partial charge is 0.369 e. The third kappa shape index (κ3) is 5.45. The highest BCUT2D eigenvalue weighted by molar-refractivity contribution is 5.78. The molecule has 0 aromatic heterocycles. The highest BCUT2D eigenvalue weighted by Gasteiger charge is 2.31. The Hall–Kier alpha value is -2.61. The second-order valence-corrected chi connectivity index (χ2v) is 6.71. The molecule has 1 aliphatic rings. The summed E-state index contributed by atoms with van der Waals surface area (Å²) >= 11 is 0. The number of alkyl halides is 3. The summed E-state index contributed by atoms with van der Waals surface area (Å²) in [6, 6.07) is 11.2. The molecule has 150 valence electrons. The molecule has 8 heteroatoms. The maximum Gasteiger partial charge on any atom is 0.416 e. The van der Waals surface area contributed by atoms with Gasteiger partial charge in [-0.3, -0.25) is 9.69 Å². The van der Waals surface area contributed by atoms with Crippen molar-refractivity contribution in [3.05, 3.63) is 65.5 Å². The van der Waals surface area contributed by atoms with E-state index in [1.165, 1.54) is 18.2 Å². The molecule has 0 saturated carbocycles. The van der Waals surface area contributed by atoms with Crippen molar-refractivity contribution in [2.45, 2.75) is 12.7 Å². The molecular weight excluding hydrogens is 374 g/mol. The number of anilines is 1. The molecule has 0 spiro atoms. The molecule has 0 unspecified atom stereocenters. The number of hydrogen-bond acceptors (Lipinski definition) is 3. The number of piperazine rings is 1. The minimum absolute atomic E-state index is 0.142. The fourth-order valence-corrected chi connectivity index (χ4v) is 3.11. The first kappa shape index (κ1) is 20.1. The predicted molar refractivity (Wildman–Crippen MR) is 98.3 cm³/mol. The number of carbonyl (C=O) groups is 1. The normalized spacial score (nSPS) is 15.5. The highest BCUT2D eigenvalue weighted by atomic mass is 19.4. The van der Waals surface area contributed by atoms with Crippen molar-refractivity contribution in [2.75, 3.05) is 37.6 Å². The standard InChI is InChI=1S/C20H21F4N3O/c21-17-6-4-15(5-7-17)13-25-19(28)14-26-8-10-27(11-9-26)18-3-1-2-16(12-18)20(22,23)24/h1-7,12H,8-11,13-14H2,(H,25,28). The molecule has 1 heterocycles. The molecule has 1 aliphatic heterocycles. The molecule has 2 aromatic rings. The third-order valence-electron chi connectivity index (χ3n) is 4.68. The minimum Gasteiger partial charge on any atom is -0.369 e. The number of amides is 1. The van der Waals surface area contributed by atoms with Crippen molar-refractivity contribution in [2.24, 2.45) is 0 Å². The second-order valence-electron chi connectivity index (χ2n) is 6.71. The zero-order chi connectivity index (χ0) is 20.1. The van der Waals surface area contributed by atoms with Gasteiger partial charge in [0.1, 0.15) is 5.82 Å². The predicted octanol–water partition coefficient (Wildman–Crippen LogP) is 3.28. The molecule has 1 fully saturated rings. The summed E-state index contributed by atoms with van der Waals surface area (Å²) in [5, 5.41) is 2.79. The number of benzene rings is 2. The number of carbonyl (C=O) groups excluding carboxylic acids is 1. The van der Waals surface area contributed by atoms with E-state index in [1.54, 1.807) is 18.2 Å². The summed E-state index contributed by atoms with van der Waals surface area (Å²) in [5.41, 5.74) is 0.687. The summed E-state index contributed by atoms with van der Waals surface area (Å²) in [5.74, 6) is -0.467. The van der Waals surface area contributed by atoms with Gasteiger partial charge in [-0.05, 0) is 35.9 Å². The molecular formula is C20H21F4N3O. The Labute approximate surface area is 160 Å². The molecule has 1 saturated heterocycles. The van der Waals surface area contributed by atoms with Crippen LogP contribution in [0.25, 0.3) is 0 Å². The van der Waals surface area contributed by atoms with Gasteiger partial charge in [-0.2, -0.15) is 13.2 Å². The van der Waals surface area contributed by atoms with E-state index in [4.69, 9.17) is 0 Å². The van der Waals surface area contributed by atoms with Crippen molar-refractivity contribution in [3.8, 4) is 0 Å². The van der Waals surface area contributed by atoms with Crippen LogP contribution in [0, 0.1) is 5.82 Å². The van der Waals surface area contributed by atoms with Gasteiger partial charge in [-0.1, -0.05) is 18.2 Å². The largest absolute Gasteiger partial charge is 0.416 e. The maximum absolute atomic E-state index is 12.9. The fraction of sp³-hybridized carbons (Fsp3) is 0.350. The van der Waals surface area contributed by atoms with Crippen LogP contribution in [0.5, 0.6) is 0 Å². The summed E-state index contributed by atoms with van der Waals surface area (Å²) in [6.07, 6.45) is -4.36. The Bertz CT molecular complexity index is 800. The monoisotopic (exact) mass is 395 g/mol. The summed E-state index contributed by atoms with van der Waals surface area (Å²) in [7, 11) is 0. The Morgan fingerprint density at radius 3 is 2.32 bits per heavy atom. The lowest BCUT2D eigenvalue weighted by Crippen LogP contribution is -2.49. The lowest BCUT2D eigenvalue weighted by Gasteiger charge is -2.36. The van der Waals surface area contributed by atoms with Crippen LogP contribution in [-0.4, -0.2) is 43.5 Å². The Balaban J connectivity index is 1.46. The third-order valence-corrected chi connectivity index (χ3v) is 4.68. The molecule has 2 aromatic carbocycles. The number of rotatable bonds is 5. The van der Waals surface area contributed by atoms with Crippen molar-refractivity contribution in [1.82, 2.24) is 10.2 Å². The van der Waals surface area contributed by atoms with E-state index in [0.29, 0.717) is 38.4 Å². The van der Waals surface area contributed by atoms with Crippen LogP contribution in [0.3, 0.4) is 0 Å². The average Bonchev–Trinajstić information content (AvgIpc) is 2.68. The molecule has 1 amide bonds. The van der Waals surface area contributed by atoms with E-state index in [9.17, 15) is 22.4 Å². The van der Waals surface area contributed by atoms with E-state index in [1.807, 2.05) is 9.80 Å². The molecule has 3 rings (SSSR count). The lowest BCUT2D eigenvalue weighted by molar-refractivity contribution is -0.137. The van der Waals surface area contributed by atoms with Crippen LogP contribution in [0.1, 0.15) is 11.1 Å². The SMILES string of the molecule is O=C(CN1CCN(c2cccc(C(F)(F)F)c2)CC1)NCc1ccc(F)cc1.